The third-order valence-corrected chi connectivity index (χ3v) is 5.63. The summed E-state index contributed by atoms with van der Waals surface area (Å²) in [7, 11) is 0. The summed E-state index contributed by atoms with van der Waals surface area (Å²) >= 11 is 12.0. The van der Waals surface area contributed by atoms with E-state index in [9.17, 15) is 10.1 Å². The second kappa shape index (κ2) is 9.21. The predicted octanol–water partition coefficient (Wildman–Crippen LogP) is 4.78. The van der Waals surface area contributed by atoms with Gasteiger partial charge in [-0.25, -0.2) is 0 Å². The molecule has 0 aromatic heterocycles. The minimum atomic E-state index is -0.492. The Morgan fingerprint density at radius 3 is 2.52 bits per heavy atom. The summed E-state index contributed by atoms with van der Waals surface area (Å²) < 4.78 is 0. The molecule has 0 atom stereocenters. The molecule has 1 saturated heterocycles. The molecule has 0 aliphatic carbocycles. The number of aryl methyl sites for hydroxylation is 1. The van der Waals surface area contributed by atoms with Crippen LogP contribution in [-0.4, -0.2) is 37.0 Å². The van der Waals surface area contributed by atoms with E-state index in [-0.39, 0.29) is 5.57 Å². The molecular weight excluding hydrogens is 407 g/mol. The molecule has 1 N–H and O–H groups in total. The van der Waals surface area contributed by atoms with Gasteiger partial charge in [-0.05, 0) is 49.2 Å². The van der Waals surface area contributed by atoms with Crippen molar-refractivity contribution in [3.8, 4) is 6.07 Å². The Morgan fingerprint density at radius 2 is 1.86 bits per heavy atom. The van der Waals surface area contributed by atoms with Crippen molar-refractivity contribution in [2.75, 3.05) is 36.4 Å². The molecule has 0 radical (unpaired) electrons. The number of benzene rings is 2. The van der Waals surface area contributed by atoms with Gasteiger partial charge in [-0.15, -0.1) is 0 Å². The smallest absolute Gasteiger partial charge is 0.267 e. The maximum absolute atomic E-state index is 12.5. The van der Waals surface area contributed by atoms with E-state index < -0.39 is 5.91 Å². The van der Waals surface area contributed by atoms with Crippen LogP contribution in [0.25, 0.3) is 0 Å². The number of nitrogens with one attached hydrogen (secondary N) is 1. The molecule has 2 aromatic rings. The van der Waals surface area contributed by atoms with E-state index >= 15 is 0 Å². The molecule has 7 heteroatoms. The maximum atomic E-state index is 12.5. The number of nitrogens with zero attached hydrogens (tertiary/aromatic N) is 3. The molecule has 29 heavy (non-hydrogen) atoms. The first-order valence-electron chi connectivity index (χ1n) is 9.32. The monoisotopic (exact) mass is 428 g/mol. The van der Waals surface area contributed by atoms with Crippen molar-refractivity contribution in [3.63, 3.8) is 0 Å². The molecule has 1 aliphatic rings. The number of nitriles is 1. The summed E-state index contributed by atoms with van der Waals surface area (Å²) in [5, 5.41) is 12.9. The SMILES string of the molecule is Cc1cccc(N2CCN(/C=C(/C#N)C(=O)Nc3ccc(Cl)cc3Cl)CC2)c1C. The van der Waals surface area contributed by atoms with Crippen molar-refractivity contribution in [3.05, 3.63) is 69.3 Å². The van der Waals surface area contributed by atoms with Crippen molar-refractivity contribution >= 4 is 40.5 Å². The molecule has 0 saturated carbocycles. The molecule has 150 valence electrons. The van der Waals surface area contributed by atoms with Crippen LogP contribution < -0.4 is 10.2 Å². The molecule has 1 amide bonds. The first-order valence-corrected chi connectivity index (χ1v) is 10.1. The van der Waals surface area contributed by atoms with Crippen LogP contribution in [0, 0.1) is 25.2 Å². The van der Waals surface area contributed by atoms with Gasteiger partial charge in [-0.1, -0.05) is 35.3 Å². The average Bonchev–Trinajstić information content (AvgIpc) is 2.71. The van der Waals surface area contributed by atoms with Gasteiger partial charge in [0.05, 0.1) is 10.7 Å². The average molecular weight is 429 g/mol. The number of halogens is 2. The highest BCUT2D eigenvalue weighted by molar-refractivity contribution is 6.36. The molecular formula is C22H22Cl2N4O. The van der Waals surface area contributed by atoms with Gasteiger partial charge in [0.1, 0.15) is 11.6 Å². The Bertz CT molecular complexity index is 989. The van der Waals surface area contributed by atoms with Crippen LogP contribution in [0.2, 0.25) is 10.0 Å². The lowest BCUT2D eigenvalue weighted by Gasteiger charge is -2.36. The lowest BCUT2D eigenvalue weighted by Crippen LogP contribution is -2.44. The van der Waals surface area contributed by atoms with Crippen molar-refractivity contribution in [1.82, 2.24) is 4.90 Å². The Hall–Kier alpha value is -2.68. The van der Waals surface area contributed by atoms with Gasteiger partial charge in [0, 0.05) is 43.1 Å². The number of hydrogen-bond acceptors (Lipinski definition) is 4. The van der Waals surface area contributed by atoms with Crippen LogP contribution >= 0.6 is 23.2 Å². The summed E-state index contributed by atoms with van der Waals surface area (Å²) in [5.74, 6) is -0.492. The quantitative estimate of drug-likeness (QED) is 0.562. The standard InChI is InChI=1S/C22H22Cl2N4O/c1-15-4-3-5-21(16(15)2)28-10-8-27(9-11-28)14-17(13-25)22(29)26-20-7-6-18(23)12-19(20)24/h3-7,12,14H,8-11H2,1-2H3,(H,26,29)/b17-14-. The number of carbonyl (C=O) groups is 1. The van der Waals surface area contributed by atoms with Crippen molar-refractivity contribution < 1.29 is 4.79 Å². The highest BCUT2D eigenvalue weighted by Gasteiger charge is 2.19. The molecule has 1 heterocycles. The van der Waals surface area contributed by atoms with Crippen molar-refractivity contribution in [2.45, 2.75) is 13.8 Å². The number of hydrogen-bond donors (Lipinski definition) is 1. The Morgan fingerprint density at radius 1 is 1.14 bits per heavy atom. The minimum absolute atomic E-state index is 0.0382. The fourth-order valence-corrected chi connectivity index (χ4v) is 3.73. The number of carbonyl (C=O) groups excluding carboxylic acids is 1. The number of piperazine rings is 1. The largest absolute Gasteiger partial charge is 0.373 e. The zero-order valence-corrected chi connectivity index (χ0v) is 17.9. The van der Waals surface area contributed by atoms with Gasteiger partial charge in [-0.3, -0.25) is 4.79 Å². The highest BCUT2D eigenvalue weighted by Crippen LogP contribution is 2.26. The van der Waals surface area contributed by atoms with Gasteiger partial charge >= 0.3 is 0 Å². The Balaban J connectivity index is 1.65. The van der Waals surface area contributed by atoms with Crippen molar-refractivity contribution in [2.24, 2.45) is 0 Å². The molecule has 3 rings (SSSR count). The van der Waals surface area contributed by atoms with E-state index in [4.69, 9.17) is 23.2 Å². The number of anilines is 2. The first-order chi connectivity index (χ1) is 13.9. The lowest BCUT2D eigenvalue weighted by molar-refractivity contribution is -0.112. The third kappa shape index (κ3) is 5.03. The van der Waals surface area contributed by atoms with Crippen LogP contribution in [0.1, 0.15) is 11.1 Å². The van der Waals surface area contributed by atoms with Gasteiger partial charge in [-0.2, -0.15) is 5.26 Å². The van der Waals surface area contributed by atoms with E-state index in [1.54, 1.807) is 24.4 Å². The second-order valence-corrected chi connectivity index (χ2v) is 7.82. The number of rotatable bonds is 4. The molecule has 0 unspecified atom stereocenters. The molecule has 1 aliphatic heterocycles. The van der Waals surface area contributed by atoms with E-state index in [0.717, 1.165) is 26.2 Å². The van der Waals surface area contributed by atoms with Crippen LogP contribution in [0.5, 0.6) is 0 Å². The van der Waals surface area contributed by atoms with Crippen molar-refractivity contribution in [1.29, 1.82) is 5.26 Å². The molecule has 0 bridgehead atoms. The maximum Gasteiger partial charge on any atom is 0.267 e. The summed E-state index contributed by atoms with van der Waals surface area (Å²) in [6.45, 7) is 7.36. The minimum Gasteiger partial charge on any atom is -0.373 e. The highest BCUT2D eigenvalue weighted by atomic mass is 35.5. The van der Waals surface area contributed by atoms with Gasteiger partial charge in [0.25, 0.3) is 5.91 Å². The van der Waals surface area contributed by atoms with Crippen LogP contribution in [0.15, 0.2) is 48.2 Å². The fourth-order valence-electron chi connectivity index (χ4n) is 3.27. The molecule has 0 spiro atoms. The van der Waals surface area contributed by atoms with E-state index in [1.807, 2.05) is 11.0 Å². The van der Waals surface area contributed by atoms with Crippen LogP contribution in [0.3, 0.4) is 0 Å². The van der Waals surface area contributed by atoms with Crippen LogP contribution in [-0.2, 0) is 4.79 Å². The Kier molecular flexibility index (Phi) is 6.68. The summed E-state index contributed by atoms with van der Waals surface area (Å²) in [6, 6.07) is 13.1. The van der Waals surface area contributed by atoms with Crippen LogP contribution in [0.4, 0.5) is 11.4 Å². The molecule has 5 nitrogen and oxygen atoms in total. The molecule has 1 fully saturated rings. The van der Waals surface area contributed by atoms with E-state index in [2.05, 4.69) is 42.3 Å². The summed E-state index contributed by atoms with van der Waals surface area (Å²) in [4.78, 5) is 16.8. The second-order valence-electron chi connectivity index (χ2n) is 6.97. The third-order valence-electron chi connectivity index (χ3n) is 5.09. The van der Waals surface area contributed by atoms with Gasteiger partial charge in [0.15, 0.2) is 0 Å². The topological polar surface area (TPSA) is 59.4 Å². The van der Waals surface area contributed by atoms with Gasteiger partial charge < -0.3 is 15.1 Å². The predicted molar refractivity (Wildman–Crippen MR) is 118 cm³/mol. The zero-order valence-electron chi connectivity index (χ0n) is 16.4. The van der Waals surface area contributed by atoms with E-state index in [0.29, 0.717) is 15.7 Å². The Labute approximate surface area is 181 Å². The summed E-state index contributed by atoms with van der Waals surface area (Å²) in [5.41, 5.74) is 4.25. The van der Waals surface area contributed by atoms with E-state index in [1.165, 1.54) is 16.8 Å². The van der Waals surface area contributed by atoms with Gasteiger partial charge in [0.2, 0.25) is 0 Å². The lowest BCUT2D eigenvalue weighted by atomic mass is 10.1. The molecule has 2 aromatic carbocycles. The first kappa shape index (κ1) is 21.0. The fraction of sp³-hybridized carbons (Fsp3) is 0.273. The normalized spacial score (nSPS) is 14.5. The number of amides is 1. The zero-order chi connectivity index (χ0) is 21.0. The summed E-state index contributed by atoms with van der Waals surface area (Å²) in [6.07, 6.45) is 1.62.